The second-order valence-corrected chi connectivity index (χ2v) is 8.03. The van der Waals surface area contributed by atoms with Gasteiger partial charge in [0.25, 0.3) is 10.0 Å². The van der Waals surface area contributed by atoms with Gasteiger partial charge in [-0.15, -0.1) is 0 Å². The Balaban J connectivity index is 1.86. The topological polar surface area (TPSA) is 98.2 Å². The summed E-state index contributed by atoms with van der Waals surface area (Å²) >= 11 is 2.16. The van der Waals surface area contributed by atoms with E-state index >= 15 is 0 Å². The fraction of sp³-hybridized carbons (Fsp3) is 0.0625. The lowest BCUT2D eigenvalue weighted by atomic mass is 10.1. The quantitative estimate of drug-likeness (QED) is 0.463. The zero-order valence-corrected chi connectivity index (χ0v) is 15.6. The summed E-state index contributed by atoms with van der Waals surface area (Å²) < 4.78 is 32.9. The Bertz CT molecular complexity index is 982. The molecule has 24 heavy (non-hydrogen) atoms. The van der Waals surface area contributed by atoms with E-state index in [0.29, 0.717) is 11.4 Å². The molecule has 3 rings (SSSR count). The maximum atomic E-state index is 12.3. The number of benzene rings is 2. The van der Waals surface area contributed by atoms with Crippen LogP contribution in [0.3, 0.4) is 0 Å². The molecule has 0 saturated heterocycles. The SMILES string of the molecule is Cc1cc(NS(=O)(=O)c2ccc(-c3ccc(N)c(I)c3)cc2)no1. The van der Waals surface area contributed by atoms with E-state index < -0.39 is 10.0 Å². The summed E-state index contributed by atoms with van der Waals surface area (Å²) in [5.41, 5.74) is 8.40. The van der Waals surface area contributed by atoms with Crippen molar-refractivity contribution >= 4 is 44.1 Å². The third-order valence-electron chi connectivity index (χ3n) is 3.37. The van der Waals surface area contributed by atoms with E-state index in [1.807, 2.05) is 18.2 Å². The minimum Gasteiger partial charge on any atom is -0.398 e. The molecule has 0 fully saturated rings. The number of halogens is 1. The lowest BCUT2D eigenvalue weighted by molar-refractivity contribution is 0.400. The molecule has 1 heterocycles. The molecule has 0 spiro atoms. The maximum Gasteiger partial charge on any atom is 0.263 e. The summed E-state index contributed by atoms with van der Waals surface area (Å²) in [6, 6.07) is 13.8. The molecule has 6 nitrogen and oxygen atoms in total. The molecule has 2 aromatic carbocycles. The number of nitrogens with two attached hydrogens (primary N) is 1. The Morgan fingerprint density at radius 2 is 1.75 bits per heavy atom. The second-order valence-electron chi connectivity index (χ2n) is 5.19. The third-order valence-corrected chi connectivity index (χ3v) is 5.67. The van der Waals surface area contributed by atoms with Crippen LogP contribution in [0.1, 0.15) is 5.76 Å². The highest BCUT2D eigenvalue weighted by atomic mass is 127. The van der Waals surface area contributed by atoms with Crippen LogP contribution in [0.2, 0.25) is 0 Å². The number of hydrogen-bond donors (Lipinski definition) is 2. The normalized spacial score (nSPS) is 11.4. The smallest absolute Gasteiger partial charge is 0.263 e. The zero-order chi connectivity index (χ0) is 17.3. The first-order valence-corrected chi connectivity index (χ1v) is 9.53. The van der Waals surface area contributed by atoms with Gasteiger partial charge in [-0.1, -0.05) is 23.4 Å². The van der Waals surface area contributed by atoms with Gasteiger partial charge in [0.2, 0.25) is 0 Å². The highest BCUT2D eigenvalue weighted by molar-refractivity contribution is 14.1. The molecule has 3 N–H and O–H groups in total. The molecule has 0 aliphatic heterocycles. The molecule has 1 aromatic heterocycles. The first-order valence-electron chi connectivity index (χ1n) is 6.97. The summed E-state index contributed by atoms with van der Waals surface area (Å²) in [5, 5.41) is 3.63. The van der Waals surface area contributed by atoms with Crippen molar-refractivity contribution in [2.24, 2.45) is 0 Å². The van der Waals surface area contributed by atoms with E-state index in [-0.39, 0.29) is 10.7 Å². The zero-order valence-electron chi connectivity index (χ0n) is 12.7. The molecular weight excluding hydrogens is 441 g/mol. The van der Waals surface area contributed by atoms with Crippen molar-refractivity contribution in [2.75, 3.05) is 10.5 Å². The summed E-state index contributed by atoms with van der Waals surface area (Å²) in [5.74, 6) is 0.686. The highest BCUT2D eigenvalue weighted by Gasteiger charge is 2.16. The van der Waals surface area contributed by atoms with Crippen LogP contribution in [0.4, 0.5) is 11.5 Å². The molecule has 0 unspecified atom stereocenters. The molecule has 0 saturated carbocycles. The lowest BCUT2D eigenvalue weighted by Crippen LogP contribution is -2.13. The minimum atomic E-state index is -3.71. The van der Waals surface area contributed by atoms with Gasteiger partial charge in [0.05, 0.1) is 4.90 Å². The number of hydrogen-bond acceptors (Lipinski definition) is 5. The monoisotopic (exact) mass is 455 g/mol. The Morgan fingerprint density at radius 1 is 1.08 bits per heavy atom. The van der Waals surface area contributed by atoms with E-state index in [1.54, 1.807) is 31.2 Å². The van der Waals surface area contributed by atoms with Crippen LogP contribution in [0.15, 0.2) is 57.9 Å². The average Bonchev–Trinajstić information content (AvgIpc) is 2.94. The average molecular weight is 455 g/mol. The van der Waals surface area contributed by atoms with Gasteiger partial charge in [-0.3, -0.25) is 4.72 Å². The largest absolute Gasteiger partial charge is 0.398 e. The van der Waals surface area contributed by atoms with Crippen LogP contribution in [0.25, 0.3) is 11.1 Å². The fourth-order valence-electron chi connectivity index (χ4n) is 2.14. The van der Waals surface area contributed by atoms with Crippen molar-refractivity contribution in [3.8, 4) is 11.1 Å². The predicted molar refractivity (Wildman–Crippen MR) is 101 cm³/mol. The number of anilines is 2. The van der Waals surface area contributed by atoms with Gasteiger partial charge >= 0.3 is 0 Å². The van der Waals surface area contributed by atoms with Crippen molar-refractivity contribution < 1.29 is 12.9 Å². The van der Waals surface area contributed by atoms with Crippen molar-refractivity contribution in [1.82, 2.24) is 5.16 Å². The Hall–Kier alpha value is -2.07. The third kappa shape index (κ3) is 3.54. The van der Waals surface area contributed by atoms with E-state index in [2.05, 4.69) is 32.5 Å². The van der Waals surface area contributed by atoms with Gasteiger partial charge < -0.3 is 10.3 Å². The summed E-state index contributed by atoms with van der Waals surface area (Å²) in [6.07, 6.45) is 0. The van der Waals surface area contributed by atoms with Gasteiger partial charge in [0, 0.05) is 15.3 Å². The Labute approximate surface area is 153 Å². The number of nitrogen functional groups attached to an aromatic ring is 1. The van der Waals surface area contributed by atoms with Crippen LogP contribution in [0.5, 0.6) is 0 Å². The number of nitrogens with zero attached hydrogens (tertiary/aromatic N) is 1. The van der Waals surface area contributed by atoms with Crippen LogP contribution in [-0.4, -0.2) is 13.6 Å². The highest BCUT2D eigenvalue weighted by Crippen LogP contribution is 2.26. The first kappa shape index (κ1) is 16.8. The van der Waals surface area contributed by atoms with Crippen molar-refractivity contribution in [1.29, 1.82) is 0 Å². The van der Waals surface area contributed by atoms with E-state index in [4.69, 9.17) is 10.3 Å². The standard InChI is InChI=1S/C16H14IN3O3S/c1-10-8-16(19-23-10)20-24(21,22)13-5-2-11(3-6-13)12-4-7-15(18)14(17)9-12/h2-9H,18H2,1H3,(H,19,20). The molecule has 124 valence electrons. The fourth-order valence-corrected chi connectivity index (χ4v) is 3.64. The predicted octanol–water partition coefficient (Wildman–Crippen LogP) is 3.64. The van der Waals surface area contributed by atoms with Crippen molar-refractivity contribution in [3.05, 3.63) is 57.9 Å². The van der Waals surface area contributed by atoms with Gasteiger partial charge in [0.1, 0.15) is 5.76 Å². The first-order chi connectivity index (χ1) is 11.3. The lowest BCUT2D eigenvalue weighted by Gasteiger charge is -2.07. The molecule has 0 radical (unpaired) electrons. The molecule has 0 atom stereocenters. The molecule has 0 bridgehead atoms. The summed E-state index contributed by atoms with van der Waals surface area (Å²) in [7, 11) is -3.71. The molecule has 0 aliphatic rings. The van der Waals surface area contributed by atoms with Gasteiger partial charge in [-0.2, -0.15) is 0 Å². The Morgan fingerprint density at radius 3 is 2.33 bits per heavy atom. The van der Waals surface area contributed by atoms with Crippen LogP contribution in [-0.2, 0) is 10.0 Å². The van der Waals surface area contributed by atoms with Gasteiger partial charge in [-0.25, -0.2) is 8.42 Å². The number of nitrogens with one attached hydrogen (secondary N) is 1. The van der Waals surface area contributed by atoms with Crippen molar-refractivity contribution in [2.45, 2.75) is 11.8 Å². The molecular formula is C16H14IN3O3S. The van der Waals surface area contributed by atoms with E-state index in [0.717, 1.165) is 14.7 Å². The molecule has 0 aliphatic carbocycles. The number of sulfonamides is 1. The van der Waals surface area contributed by atoms with Crippen LogP contribution < -0.4 is 10.5 Å². The molecule has 8 heteroatoms. The van der Waals surface area contributed by atoms with Gasteiger partial charge in [0.15, 0.2) is 5.82 Å². The number of aromatic nitrogens is 1. The summed E-state index contributed by atoms with van der Waals surface area (Å²) in [6.45, 7) is 1.69. The molecule has 0 amide bonds. The van der Waals surface area contributed by atoms with E-state index in [1.165, 1.54) is 6.07 Å². The van der Waals surface area contributed by atoms with Crippen molar-refractivity contribution in [3.63, 3.8) is 0 Å². The number of aryl methyl sites for hydroxylation is 1. The second kappa shape index (κ2) is 6.44. The maximum absolute atomic E-state index is 12.3. The van der Waals surface area contributed by atoms with E-state index in [9.17, 15) is 8.42 Å². The van der Waals surface area contributed by atoms with Gasteiger partial charge in [-0.05, 0) is 64.9 Å². The molecule has 3 aromatic rings. The summed E-state index contributed by atoms with van der Waals surface area (Å²) in [4.78, 5) is 0.150. The minimum absolute atomic E-state index is 0.150. The van der Waals surface area contributed by atoms with Crippen LogP contribution >= 0.6 is 22.6 Å². The Kier molecular flexibility index (Phi) is 4.50. The number of rotatable bonds is 4. The van der Waals surface area contributed by atoms with Crippen LogP contribution in [0, 0.1) is 10.5 Å².